The second-order valence-electron chi connectivity index (χ2n) is 4.52. The van der Waals surface area contributed by atoms with Crippen molar-refractivity contribution < 1.29 is 0 Å². The van der Waals surface area contributed by atoms with Crippen LogP contribution in [0.2, 0.25) is 0 Å². The van der Waals surface area contributed by atoms with Gasteiger partial charge in [-0.05, 0) is 19.4 Å². The topological polar surface area (TPSA) is 50.1 Å². The van der Waals surface area contributed by atoms with E-state index in [9.17, 15) is 0 Å². The molecule has 100 valence electrons. The molecular formula is C14H29N3. The van der Waals surface area contributed by atoms with Crippen molar-refractivity contribution in [2.24, 2.45) is 5.73 Å². The van der Waals surface area contributed by atoms with Gasteiger partial charge < -0.3 is 16.4 Å². The maximum absolute atomic E-state index is 5.78. The van der Waals surface area contributed by atoms with Crippen LogP contribution in [0.1, 0.15) is 46.0 Å². The molecule has 0 aliphatic rings. The fourth-order valence-corrected chi connectivity index (χ4v) is 1.61. The van der Waals surface area contributed by atoms with Gasteiger partial charge in [-0.2, -0.15) is 0 Å². The summed E-state index contributed by atoms with van der Waals surface area (Å²) in [6.07, 6.45) is 5.63. The number of rotatable bonds is 11. The van der Waals surface area contributed by atoms with Gasteiger partial charge in [-0.3, -0.25) is 0 Å². The van der Waals surface area contributed by atoms with E-state index in [-0.39, 0.29) is 6.04 Å². The molecule has 0 rings (SSSR count). The lowest BCUT2D eigenvalue weighted by Gasteiger charge is -2.20. The Labute approximate surface area is 107 Å². The number of nitrogens with one attached hydrogen (secondary N) is 2. The molecule has 0 aromatic carbocycles. The maximum Gasteiger partial charge on any atom is 0.0516 e. The first kappa shape index (κ1) is 16.0. The minimum absolute atomic E-state index is 0.140. The van der Waals surface area contributed by atoms with Crippen LogP contribution in [0.4, 0.5) is 0 Å². The standard InChI is InChI=1S/C14H29N3/c1-5-7-8-10-16-12(3)11-14(13(4)15)17-9-6-2/h14,16-17H,3-11,15H2,1-2H3. The first-order valence-electron chi connectivity index (χ1n) is 6.71. The lowest BCUT2D eigenvalue weighted by Crippen LogP contribution is -2.36. The van der Waals surface area contributed by atoms with Gasteiger partial charge in [0.15, 0.2) is 0 Å². The Morgan fingerprint density at radius 1 is 1.12 bits per heavy atom. The third kappa shape index (κ3) is 8.81. The molecule has 3 nitrogen and oxygen atoms in total. The van der Waals surface area contributed by atoms with Crippen molar-refractivity contribution in [2.75, 3.05) is 13.1 Å². The van der Waals surface area contributed by atoms with Crippen molar-refractivity contribution in [3.63, 3.8) is 0 Å². The van der Waals surface area contributed by atoms with Crippen molar-refractivity contribution in [3.05, 3.63) is 24.6 Å². The predicted molar refractivity (Wildman–Crippen MR) is 76.7 cm³/mol. The minimum atomic E-state index is 0.140. The highest BCUT2D eigenvalue weighted by Crippen LogP contribution is 2.05. The molecule has 4 N–H and O–H groups in total. The Kier molecular flexibility index (Phi) is 9.63. The summed E-state index contributed by atoms with van der Waals surface area (Å²) in [5, 5.41) is 6.72. The normalized spacial score (nSPS) is 12.1. The molecule has 0 saturated carbocycles. The average molecular weight is 239 g/mol. The zero-order valence-electron chi connectivity index (χ0n) is 11.5. The summed E-state index contributed by atoms with van der Waals surface area (Å²) in [5.41, 5.74) is 7.51. The Morgan fingerprint density at radius 3 is 2.35 bits per heavy atom. The molecule has 0 amide bonds. The predicted octanol–water partition coefficient (Wildman–Crippen LogP) is 2.51. The molecule has 3 heteroatoms. The zero-order chi connectivity index (χ0) is 13.1. The third-order valence-electron chi connectivity index (χ3n) is 2.69. The average Bonchev–Trinajstić information content (AvgIpc) is 2.29. The SMILES string of the molecule is C=C(CC(NCCC)C(=C)N)NCCCCC. The zero-order valence-corrected chi connectivity index (χ0v) is 11.5. The van der Waals surface area contributed by atoms with E-state index in [0.29, 0.717) is 5.70 Å². The number of unbranched alkanes of at least 4 members (excludes halogenated alkanes) is 2. The second-order valence-corrected chi connectivity index (χ2v) is 4.52. The molecule has 0 radical (unpaired) electrons. The molecule has 0 heterocycles. The van der Waals surface area contributed by atoms with Gasteiger partial charge in [-0.1, -0.05) is 39.8 Å². The Hall–Kier alpha value is -0.960. The molecule has 0 bridgehead atoms. The first-order chi connectivity index (χ1) is 8.11. The summed E-state index contributed by atoms with van der Waals surface area (Å²) in [5.74, 6) is 0. The Bertz CT molecular complexity index is 224. The lowest BCUT2D eigenvalue weighted by atomic mass is 10.1. The van der Waals surface area contributed by atoms with E-state index in [1.807, 2.05) is 0 Å². The molecule has 0 fully saturated rings. The van der Waals surface area contributed by atoms with E-state index in [1.165, 1.54) is 19.3 Å². The summed E-state index contributed by atoms with van der Waals surface area (Å²) in [7, 11) is 0. The van der Waals surface area contributed by atoms with E-state index in [0.717, 1.165) is 31.6 Å². The van der Waals surface area contributed by atoms with Gasteiger partial charge in [0.1, 0.15) is 0 Å². The fraction of sp³-hybridized carbons (Fsp3) is 0.714. The second kappa shape index (κ2) is 10.2. The monoisotopic (exact) mass is 239 g/mol. The quantitative estimate of drug-likeness (QED) is 0.486. The van der Waals surface area contributed by atoms with E-state index >= 15 is 0 Å². The third-order valence-corrected chi connectivity index (χ3v) is 2.69. The first-order valence-corrected chi connectivity index (χ1v) is 6.71. The molecule has 1 atom stereocenters. The molecule has 0 saturated heterocycles. The van der Waals surface area contributed by atoms with Crippen molar-refractivity contribution >= 4 is 0 Å². The maximum atomic E-state index is 5.78. The molecule has 1 unspecified atom stereocenters. The van der Waals surface area contributed by atoms with Gasteiger partial charge in [0.2, 0.25) is 0 Å². The molecule has 0 spiro atoms. The molecule has 0 aliphatic heterocycles. The van der Waals surface area contributed by atoms with Crippen LogP contribution in [0, 0.1) is 0 Å². The largest absolute Gasteiger partial charge is 0.401 e. The van der Waals surface area contributed by atoms with Gasteiger partial charge in [0.25, 0.3) is 0 Å². The van der Waals surface area contributed by atoms with Crippen LogP contribution in [0.25, 0.3) is 0 Å². The van der Waals surface area contributed by atoms with Gasteiger partial charge in [0, 0.05) is 24.4 Å². The van der Waals surface area contributed by atoms with Crippen molar-refractivity contribution in [3.8, 4) is 0 Å². The van der Waals surface area contributed by atoms with Crippen LogP contribution >= 0.6 is 0 Å². The summed E-state index contributed by atoms with van der Waals surface area (Å²) in [4.78, 5) is 0. The summed E-state index contributed by atoms with van der Waals surface area (Å²) < 4.78 is 0. The summed E-state index contributed by atoms with van der Waals surface area (Å²) in [6, 6.07) is 0.140. The number of hydrogen-bond acceptors (Lipinski definition) is 3. The van der Waals surface area contributed by atoms with Crippen molar-refractivity contribution in [1.29, 1.82) is 0 Å². The van der Waals surface area contributed by atoms with Crippen LogP contribution in [-0.2, 0) is 0 Å². The van der Waals surface area contributed by atoms with E-state index in [2.05, 4.69) is 37.6 Å². The molecule has 0 aliphatic carbocycles. The minimum Gasteiger partial charge on any atom is -0.401 e. The van der Waals surface area contributed by atoms with E-state index in [4.69, 9.17) is 5.73 Å². The molecular weight excluding hydrogens is 210 g/mol. The van der Waals surface area contributed by atoms with Gasteiger partial charge in [-0.25, -0.2) is 0 Å². The highest BCUT2D eigenvalue weighted by Gasteiger charge is 2.10. The highest BCUT2D eigenvalue weighted by atomic mass is 15.0. The van der Waals surface area contributed by atoms with Gasteiger partial charge in [0.05, 0.1) is 6.04 Å². The van der Waals surface area contributed by atoms with Crippen molar-refractivity contribution in [1.82, 2.24) is 10.6 Å². The Morgan fingerprint density at radius 2 is 1.82 bits per heavy atom. The van der Waals surface area contributed by atoms with Gasteiger partial charge >= 0.3 is 0 Å². The van der Waals surface area contributed by atoms with Crippen LogP contribution in [0.5, 0.6) is 0 Å². The lowest BCUT2D eigenvalue weighted by molar-refractivity contribution is 0.539. The number of nitrogens with two attached hydrogens (primary N) is 1. The fourth-order valence-electron chi connectivity index (χ4n) is 1.61. The highest BCUT2D eigenvalue weighted by molar-refractivity contribution is 5.07. The Balaban J connectivity index is 3.83. The smallest absolute Gasteiger partial charge is 0.0516 e. The number of hydrogen-bond donors (Lipinski definition) is 3. The van der Waals surface area contributed by atoms with E-state index < -0.39 is 0 Å². The van der Waals surface area contributed by atoms with Crippen LogP contribution < -0.4 is 16.4 Å². The molecule has 0 aromatic heterocycles. The van der Waals surface area contributed by atoms with E-state index in [1.54, 1.807) is 0 Å². The van der Waals surface area contributed by atoms with Crippen molar-refractivity contribution in [2.45, 2.75) is 52.0 Å². The summed E-state index contributed by atoms with van der Waals surface area (Å²) >= 11 is 0. The molecule has 0 aromatic rings. The van der Waals surface area contributed by atoms with Crippen LogP contribution in [-0.4, -0.2) is 19.1 Å². The van der Waals surface area contributed by atoms with Crippen LogP contribution in [0.3, 0.4) is 0 Å². The van der Waals surface area contributed by atoms with Gasteiger partial charge in [-0.15, -0.1) is 0 Å². The summed E-state index contributed by atoms with van der Waals surface area (Å²) in [6.45, 7) is 14.2. The van der Waals surface area contributed by atoms with Crippen LogP contribution in [0.15, 0.2) is 24.6 Å². The molecule has 17 heavy (non-hydrogen) atoms.